The zero-order valence-corrected chi connectivity index (χ0v) is 4.65. The van der Waals surface area contributed by atoms with E-state index in [1.165, 1.54) is 0 Å². The number of hydrogen-bond acceptors (Lipinski definition) is 2. The Kier molecular flexibility index (Phi) is 0.929. The first-order valence-electron chi connectivity index (χ1n) is 2.53. The van der Waals surface area contributed by atoms with Crippen LogP contribution in [0.25, 0.3) is 0 Å². The molecule has 1 rings (SSSR count). The molecule has 0 atom stereocenters. The Morgan fingerprint density at radius 3 is 2.14 bits per heavy atom. The highest BCUT2D eigenvalue weighted by molar-refractivity contribution is 5.07. The van der Waals surface area contributed by atoms with Crippen LogP contribution in [0.1, 0.15) is 13.8 Å². The van der Waals surface area contributed by atoms with Crippen LogP contribution in [0.15, 0.2) is 11.9 Å². The molecule has 0 spiro atoms. The molecule has 1 aliphatic rings. The number of hydrogen-bond donors (Lipinski definition) is 2. The molecule has 0 aliphatic carbocycles. The van der Waals surface area contributed by atoms with E-state index in [1.807, 2.05) is 0 Å². The maximum atomic E-state index is 2.88. The number of allylic oxidation sites excluding steroid dienone is 1. The lowest BCUT2D eigenvalue weighted by Gasteiger charge is -1.85. The van der Waals surface area contributed by atoms with E-state index in [2.05, 4.69) is 30.8 Å². The van der Waals surface area contributed by atoms with Crippen molar-refractivity contribution < 1.29 is 0 Å². The molecule has 2 heteroatoms. The lowest BCUT2D eigenvalue weighted by Crippen LogP contribution is -1.76. The van der Waals surface area contributed by atoms with Crippen molar-refractivity contribution in [3.63, 3.8) is 0 Å². The molecule has 0 bridgehead atoms. The van der Waals surface area contributed by atoms with Crippen LogP contribution in [-0.2, 0) is 0 Å². The summed E-state index contributed by atoms with van der Waals surface area (Å²) >= 11 is 0. The van der Waals surface area contributed by atoms with Gasteiger partial charge in [-0.2, -0.15) is 0 Å². The van der Waals surface area contributed by atoms with Crippen molar-refractivity contribution >= 4 is 0 Å². The number of nitrogens with one attached hydrogen (secondary N) is 2. The Morgan fingerprint density at radius 2 is 2.00 bits per heavy atom. The molecule has 1 saturated heterocycles. The normalized spacial score (nSPS) is 15.6. The first-order chi connectivity index (χ1) is 3.29. The second-order valence-corrected chi connectivity index (χ2v) is 2.07. The van der Waals surface area contributed by atoms with E-state index in [-0.39, 0.29) is 0 Å². The quantitative estimate of drug-likeness (QED) is 0.471. The summed E-state index contributed by atoms with van der Waals surface area (Å²) in [4.78, 5) is 0. The molecule has 2 N–H and O–H groups in total. The molecule has 0 aromatic carbocycles. The van der Waals surface area contributed by atoms with Crippen LogP contribution in [0.4, 0.5) is 0 Å². The molecule has 1 aliphatic heterocycles. The summed E-state index contributed by atoms with van der Waals surface area (Å²) in [5.74, 6) is 1.81. The van der Waals surface area contributed by atoms with Crippen molar-refractivity contribution in [1.82, 2.24) is 10.9 Å². The van der Waals surface area contributed by atoms with Crippen molar-refractivity contribution in [2.45, 2.75) is 13.8 Å². The highest BCUT2D eigenvalue weighted by Gasteiger charge is 2.05. The van der Waals surface area contributed by atoms with Gasteiger partial charge in [0.25, 0.3) is 0 Å². The van der Waals surface area contributed by atoms with Crippen LogP contribution >= 0.6 is 0 Å². The minimum absolute atomic E-state index is 0.650. The van der Waals surface area contributed by atoms with Crippen LogP contribution in [0, 0.1) is 5.92 Å². The van der Waals surface area contributed by atoms with Gasteiger partial charge >= 0.3 is 0 Å². The van der Waals surface area contributed by atoms with E-state index >= 15 is 0 Å². The van der Waals surface area contributed by atoms with Gasteiger partial charge in [0.1, 0.15) is 5.82 Å². The van der Waals surface area contributed by atoms with Crippen molar-refractivity contribution in [3.05, 3.63) is 11.9 Å². The zero-order valence-electron chi connectivity index (χ0n) is 4.65. The van der Waals surface area contributed by atoms with Gasteiger partial charge < -0.3 is 0 Å². The predicted molar refractivity (Wildman–Crippen MR) is 29.2 cm³/mol. The number of rotatable bonds is 1. The Bertz CT molecular complexity index is 88.3. The zero-order chi connectivity index (χ0) is 5.28. The van der Waals surface area contributed by atoms with Crippen LogP contribution in [0.3, 0.4) is 0 Å². The third-order valence-corrected chi connectivity index (χ3v) is 0.769. The summed E-state index contributed by atoms with van der Waals surface area (Å²) in [5, 5.41) is 0. The van der Waals surface area contributed by atoms with Crippen molar-refractivity contribution in [2.24, 2.45) is 5.92 Å². The predicted octanol–water partition coefficient (Wildman–Crippen LogP) is 0.592. The van der Waals surface area contributed by atoms with Crippen molar-refractivity contribution in [1.29, 1.82) is 0 Å². The summed E-state index contributed by atoms with van der Waals surface area (Å²) in [7, 11) is 0. The Labute approximate surface area is 43.6 Å². The van der Waals surface area contributed by atoms with Crippen LogP contribution in [0.5, 0.6) is 0 Å². The fourth-order valence-corrected chi connectivity index (χ4v) is 0.453. The molecule has 7 heavy (non-hydrogen) atoms. The maximum Gasteiger partial charge on any atom is 0.132 e. The smallest absolute Gasteiger partial charge is 0.132 e. The van der Waals surface area contributed by atoms with E-state index in [0.29, 0.717) is 5.92 Å². The fourth-order valence-electron chi connectivity index (χ4n) is 0.453. The van der Waals surface area contributed by atoms with Crippen molar-refractivity contribution in [3.8, 4) is 0 Å². The molecule has 0 aromatic rings. The molecule has 0 aromatic heterocycles. The van der Waals surface area contributed by atoms with Crippen molar-refractivity contribution in [2.75, 3.05) is 0 Å². The molecule has 40 valence electrons. The molecular weight excluding hydrogens is 88.1 g/mol. The summed E-state index contributed by atoms with van der Waals surface area (Å²) in [6.07, 6.45) is 2.14. The standard InChI is InChI=1S/C5H10N2/c1-4(2)3-5-6-7-5/h3-4,6-7H,1-2H3. The summed E-state index contributed by atoms with van der Waals surface area (Å²) in [6, 6.07) is 0. The van der Waals surface area contributed by atoms with Gasteiger partial charge in [0, 0.05) is 0 Å². The molecule has 0 amide bonds. The van der Waals surface area contributed by atoms with Crippen LogP contribution < -0.4 is 10.9 Å². The molecule has 0 saturated carbocycles. The molecular formula is C5H10N2. The van der Waals surface area contributed by atoms with Gasteiger partial charge in [0.05, 0.1) is 0 Å². The lowest BCUT2D eigenvalue weighted by atomic mass is 10.2. The first-order valence-corrected chi connectivity index (χ1v) is 2.53. The van der Waals surface area contributed by atoms with E-state index in [1.54, 1.807) is 0 Å². The summed E-state index contributed by atoms with van der Waals surface area (Å²) < 4.78 is 0. The minimum Gasteiger partial charge on any atom is -0.284 e. The van der Waals surface area contributed by atoms with E-state index < -0.39 is 0 Å². The topological polar surface area (TPSA) is 43.9 Å². The van der Waals surface area contributed by atoms with E-state index in [9.17, 15) is 0 Å². The van der Waals surface area contributed by atoms with E-state index in [4.69, 9.17) is 0 Å². The van der Waals surface area contributed by atoms with Gasteiger partial charge in [0.15, 0.2) is 0 Å². The Balaban J connectivity index is 2.30. The van der Waals surface area contributed by atoms with Gasteiger partial charge in [-0.25, -0.2) is 0 Å². The molecule has 1 heterocycles. The Hall–Kier alpha value is -0.660. The third-order valence-electron chi connectivity index (χ3n) is 0.769. The highest BCUT2D eigenvalue weighted by atomic mass is 15.6. The maximum absolute atomic E-state index is 2.88. The average Bonchev–Trinajstić information content (AvgIpc) is 2.17. The molecule has 0 radical (unpaired) electrons. The van der Waals surface area contributed by atoms with Gasteiger partial charge in [-0.1, -0.05) is 13.8 Å². The fraction of sp³-hybridized carbons (Fsp3) is 0.600. The molecule has 1 fully saturated rings. The van der Waals surface area contributed by atoms with Gasteiger partial charge in [-0.15, -0.1) is 0 Å². The third kappa shape index (κ3) is 1.48. The van der Waals surface area contributed by atoms with E-state index in [0.717, 1.165) is 5.82 Å². The van der Waals surface area contributed by atoms with Crippen LogP contribution in [-0.4, -0.2) is 0 Å². The average molecular weight is 98.1 g/mol. The van der Waals surface area contributed by atoms with Gasteiger partial charge in [-0.05, 0) is 12.0 Å². The minimum atomic E-state index is 0.650. The Morgan fingerprint density at radius 1 is 1.43 bits per heavy atom. The van der Waals surface area contributed by atoms with Crippen LogP contribution in [0.2, 0.25) is 0 Å². The first kappa shape index (κ1) is 4.50. The lowest BCUT2D eigenvalue weighted by molar-refractivity contribution is 0.827. The molecule has 2 nitrogen and oxygen atoms in total. The highest BCUT2D eigenvalue weighted by Crippen LogP contribution is 2.00. The SMILES string of the molecule is CC(C)C=C1NN1. The summed E-state index contributed by atoms with van der Waals surface area (Å²) in [6.45, 7) is 4.30. The van der Waals surface area contributed by atoms with Gasteiger partial charge in [0.2, 0.25) is 0 Å². The van der Waals surface area contributed by atoms with Gasteiger partial charge in [-0.3, -0.25) is 10.9 Å². The second kappa shape index (κ2) is 1.45. The largest absolute Gasteiger partial charge is 0.284 e. The summed E-state index contributed by atoms with van der Waals surface area (Å²) in [5.41, 5.74) is 5.75. The monoisotopic (exact) mass is 98.1 g/mol. The number of hydrazine groups is 1. The second-order valence-electron chi connectivity index (χ2n) is 2.07. The molecule has 0 unspecified atom stereocenters.